The van der Waals surface area contributed by atoms with Gasteiger partial charge in [0, 0.05) is 77.2 Å². The molecule has 2 aromatic rings. The molecule has 0 atom stereocenters. The molecule has 8 nitrogen and oxygen atoms in total. The fourth-order valence-electron chi connectivity index (χ4n) is 4.44. The molecule has 0 spiro atoms. The highest BCUT2D eigenvalue weighted by Crippen LogP contribution is 2.33. The van der Waals surface area contributed by atoms with Gasteiger partial charge in [0.2, 0.25) is 0 Å². The minimum Gasteiger partial charge on any atom is -0.457 e. The van der Waals surface area contributed by atoms with Gasteiger partial charge in [-0.05, 0) is 35.7 Å². The van der Waals surface area contributed by atoms with E-state index in [1.165, 1.54) is 0 Å². The van der Waals surface area contributed by atoms with Crippen molar-refractivity contribution in [2.24, 2.45) is 0 Å². The first kappa shape index (κ1) is 24.1. The Balaban J connectivity index is 1.27. The molecule has 0 radical (unpaired) electrons. The number of nitrogens with zero attached hydrogens (tertiary/aromatic N) is 3. The molecule has 0 bridgehead atoms. The molecule has 2 heterocycles. The summed E-state index contributed by atoms with van der Waals surface area (Å²) >= 11 is 0. The number of aromatic nitrogens is 1. The summed E-state index contributed by atoms with van der Waals surface area (Å²) in [4.78, 5) is 34.1. The molecule has 0 amide bonds. The van der Waals surface area contributed by atoms with Crippen LogP contribution in [0.15, 0.2) is 60.6 Å². The highest BCUT2D eigenvalue weighted by Gasteiger charge is 2.31. The molecular formula is C26H32N4O4. The van der Waals surface area contributed by atoms with Crippen molar-refractivity contribution in [3.63, 3.8) is 0 Å². The van der Waals surface area contributed by atoms with Crippen molar-refractivity contribution in [2.75, 3.05) is 52.4 Å². The van der Waals surface area contributed by atoms with Crippen molar-refractivity contribution in [1.82, 2.24) is 20.1 Å². The van der Waals surface area contributed by atoms with Crippen LogP contribution in [0.5, 0.6) is 11.5 Å². The number of hydrogen-bond acceptors (Lipinski definition) is 8. The van der Waals surface area contributed by atoms with E-state index in [0.717, 1.165) is 44.8 Å². The lowest BCUT2D eigenvalue weighted by molar-refractivity contribution is -0.124. The monoisotopic (exact) mass is 464 g/mol. The van der Waals surface area contributed by atoms with E-state index in [4.69, 9.17) is 9.84 Å². The number of rotatable bonds is 9. The van der Waals surface area contributed by atoms with Gasteiger partial charge in [-0.2, -0.15) is 0 Å². The van der Waals surface area contributed by atoms with Gasteiger partial charge in [-0.15, -0.1) is 0 Å². The predicted molar refractivity (Wildman–Crippen MR) is 129 cm³/mol. The van der Waals surface area contributed by atoms with E-state index in [1.54, 1.807) is 30.7 Å². The molecule has 2 N–H and O–H groups in total. The van der Waals surface area contributed by atoms with Crippen molar-refractivity contribution >= 4 is 11.6 Å². The fourth-order valence-corrected chi connectivity index (χ4v) is 4.44. The molecule has 1 saturated heterocycles. The minimum absolute atomic E-state index is 0.119. The number of Topliss-reactive ketones (excluding diaryl/α,β-unsaturated/α-hetero) is 2. The molecule has 0 unspecified atom stereocenters. The summed E-state index contributed by atoms with van der Waals surface area (Å²) < 4.78 is 5.87. The molecule has 8 heteroatoms. The Bertz CT molecular complexity index is 983. The van der Waals surface area contributed by atoms with Crippen LogP contribution in [0.25, 0.3) is 0 Å². The first-order valence-corrected chi connectivity index (χ1v) is 11.9. The van der Waals surface area contributed by atoms with E-state index >= 15 is 0 Å². The number of pyridine rings is 1. The number of β-amino-alcohol motifs (C(OH)–C–C–N with tert-alkyl or cyclic N) is 1. The van der Waals surface area contributed by atoms with Crippen LogP contribution in [0.3, 0.4) is 0 Å². The summed E-state index contributed by atoms with van der Waals surface area (Å²) in [5.74, 6) is 0.974. The minimum atomic E-state index is -0.145. The lowest BCUT2D eigenvalue weighted by Crippen LogP contribution is -2.48. The summed E-state index contributed by atoms with van der Waals surface area (Å²) in [5.41, 5.74) is 1.20. The number of ether oxygens (including phenoxy) is 1. The van der Waals surface area contributed by atoms with Crippen LogP contribution in [0, 0.1) is 0 Å². The van der Waals surface area contributed by atoms with Crippen LogP contribution >= 0.6 is 0 Å². The molecule has 2 aliphatic rings. The van der Waals surface area contributed by atoms with E-state index in [1.807, 2.05) is 24.3 Å². The molecule has 4 rings (SSSR count). The lowest BCUT2D eigenvalue weighted by Gasteiger charge is -2.34. The zero-order valence-corrected chi connectivity index (χ0v) is 19.4. The summed E-state index contributed by atoms with van der Waals surface area (Å²) in [6.45, 7) is 6.29. The number of allylic oxidation sites excluding steroid dienone is 1. The molecule has 180 valence electrons. The Hall–Kier alpha value is -3.07. The topological polar surface area (TPSA) is 95.0 Å². The average molecular weight is 465 g/mol. The van der Waals surface area contributed by atoms with Crippen LogP contribution in [-0.2, 0) is 9.59 Å². The number of hydrogen-bond donors (Lipinski definition) is 2. The first-order valence-electron chi connectivity index (χ1n) is 11.9. The van der Waals surface area contributed by atoms with Crippen LogP contribution in [-0.4, -0.2) is 83.9 Å². The number of carbonyl (C=O) groups excluding carboxylic acids is 2. The standard InChI is InChI=1S/C26H32N4O4/c31-15-14-30-12-10-29(11-13-30)9-8-28-19-24-25(32)17-21(18-26(24)33)20-2-1-3-23(16-20)34-22-4-6-27-7-5-22/h1-7,16,19,21,28,31H,8-15,17-18H2. The van der Waals surface area contributed by atoms with Crippen LogP contribution < -0.4 is 10.1 Å². The smallest absolute Gasteiger partial charge is 0.168 e. The summed E-state index contributed by atoms with van der Waals surface area (Å²) in [6.07, 6.45) is 5.55. The second-order valence-corrected chi connectivity index (χ2v) is 8.73. The SMILES string of the molecule is O=C1CC(c2cccc(Oc3ccncc3)c2)CC(=O)C1=CNCCN1CCN(CCO)CC1. The summed E-state index contributed by atoms with van der Waals surface area (Å²) in [7, 11) is 0. The number of benzene rings is 1. The number of carbonyl (C=O) groups is 2. The van der Waals surface area contributed by atoms with Gasteiger partial charge in [-0.1, -0.05) is 12.1 Å². The highest BCUT2D eigenvalue weighted by atomic mass is 16.5. The molecule has 1 aliphatic carbocycles. The molecule has 2 fully saturated rings. The van der Waals surface area contributed by atoms with Gasteiger partial charge in [-0.3, -0.25) is 24.4 Å². The van der Waals surface area contributed by atoms with E-state index < -0.39 is 0 Å². The number of piperazine rings is 1. The Labute approximate surface area is 200 Å². The Morgan fingerprint density at radius 2 is 1.65 bits per heavy atom. The average Bonchev–Trinajstić information content (AvgIpc) is 2.85. The van der Waals surface area contributed by atoms with E-state index in [0.29, 0.717) is 30.9 Å². The van der Waals surface area contributed by atoms with Crippen LogP contribution in [0.2, 0.25) is 0 Å². The zero-order chi connectivity index (χ0) is 23.8. The number of nitrogens with one attached hydrogen (secondary N) is 1. The highest BCUT2D eigenvalue weighted by molar-refractivity contribution is 6.22. The van der Waals surface area contributed by atoms with Gasteiger partial charge >= 0.3 is 0 Å². The van der Waals surface area contributed by atoms with E-state index in [9.17, 15) is 9.59 Å². The van der Waals surface area contributed by atoms with Crippen molar-refractivity contribution in [1.29, 1.82) is 0 Å². The van der Waals surface area contributed by atoms with Gasteiger partial charge in [0.15, 0.2) is 11.6 Å². The summed E-state index contributed by atoms with van der Waals surface area (Å²) in [6, 6.07) is 11.1. The third kappa shape index (κ3) is 6.50. The second kappa shape index (κ2) is 11.9. The van der Waals surface area contributed by atoms with Crippen molar-refractivity contribution in [2.45, 2.75) is 18.8 Å². The molecular weight excluding hydrogens is 432 g/mol. The molecule has 1 aromatic carbocycles. The number of aliphatic hydroxyl groups is 1. The van der Waals surface area contributed by atoms with Crippen LogP contribution in [0.1, 0.15) is 24.3 Å². The first-order chi connectivity index (χ1) is 16.6. The van der Waals surface area contributed by atoms with Gasteiger partial charge in [0.05, 0.1) is 12.2 Å². The largest absolute Gasteiger partial charge is 0.457 e. The molecule has 34 heavy (non-hydrogen) atoms. The Morgan fingerprint density at radius 1 is 0.971 bits per heavy atom. The normalized spacial score (nSPS) is 19.8. The van der Waals surface area contributed by atoms with Gasteiger partial charge in [0.25, 0.3) is 0 Å². The summed E-state index contributed by atoms with van der Waals surface area (Å²) in [5, 5.41) is 12.2. The van der Waals surface area contributed by atoms with Crippen molar-refractivity contribution in [3.8, 4) is 11.5 Å². The van der Waals surface area contributed by atoms with Crippen molar-refractivity contribution < 1.29 is 19.4 Å². The van der Waals surface area contributed by atoms with Gasteiger partial charge < -0.3 is 15.2 Å². The molecule has 1 saturated carbocycles. The quantitative estimate of drug-likeness (QED) is 0.331. The zero-order valence-electron chi connectivity index (χ0n) is 19.4. The number of aliphatic hydroxyl groups excluding tert-OH is 1. The fraction of sp³-hybridized carbons (Fsp3) is 0.423. The van der Waals surface area contributed by atoms with Gasteiger partial charge in [0.1, 0.15) is 11.5 Å². The molecule has 1 aromatic heterocycles. The van der Waals surface area contributed by atoms with Gasteiger partial charge in [-0.25, -0.2) is 0 Å². The van der Waals surface area contributed by atoms with E-state index in [-0.39, 0.29) is 29.7 Å². The maximum atomic E-state index is 12.8. The predicted octanol–water partition coefficient (Wildman–Crippen LogP) is 1.97. The number of ketones is 2. The lowest BCUT2D eigenvalue weighted by atomic mass is 9.80. The second-order valence-electron chi connectivity index (χ2n) is 8.73. The Morgan fingerprint density at radius 3 is 2.32 bits per heavy atom. The maximum Gasteiger partial charge on any atom is 0.168 e. The third-order valence-electron chi connectivity index (χ3n) is 6.38. The van der Waals surface area contributed by atoms with E-state index in [2.05, 4.69) is 20.1 Å². The maximum absolute atomic E-state index is 12.8. The van der Waals surface area contributed by atoms with Crippen molar-refractivity contribution in [3.05, 3.63) is 66.1 Å². The molecule has 1 aliphatic heterocycles. The Kier molecular flexibility index (Phi) is 8.41. The van der Waals surface area contributed by atoms with Crippen LogP contribution in [0.4, 0.5) is 0 Å². The third-order valence-corrected chi connectivity index (χ3v) is 6.38.